The molecule has 0 spiro atoms. The van der Waals surface area contributed by atoms with Gasteiger partial charge < -0.3 is 18.9 Å². The molecular weight excluding hydrogens is 392 g/mol. The first kappa shape index (κ1) is 21.1. The molecule has 1 unspecified atom stereocenters. The van der Waals surface area contributed by atoms with Gasteiger partial charge in [0, 0.05) is 24.3 Å². The SMILES string of the molecule is CC(COC(=O)Oc1ccc([N+](=O)[O-])cc1)OC(=O)Oc1ccc([N+](=O)[O-])cc1. The molecule has 0 heterocycles. The molecule has 0 aliphatic rings. The number of hydrogen-bond acceptors (Lipinski definition) is 10. The predicted octanol–water partition coefficient (Wildman–Crippen LogP) is 3.62. The van der Waals surface area contributed by atoms with E-state index in [1.165, 1.54) is 31.2 Å². The van der Waals surface area contributed by atoms with Crippen LogP contribution in [0.1, 0.15) is 6.92 Å². The normalized spacial score (nSPS) is 11.1. The summed E-state index contributed by atoms with van der Waals surface area (Å²) in [4.78, 5) is 43.2. The molecule has 0 aliphatic carbocycles. The van der Waals surface area contributed by atoms with Gasteiger partial charge in [-0.2, -0.15) is 0 Å². The van der Waals surface area contributed by atoms with E-state index in [2.05, 4.69) is 0 Å². The lowest BCUT2D eigenvalue weighted by Gasteiger charge is -2.13. The van der Waals surface area contributed by atoms with E-state index in [0.717, 1.165) is 24.3 Å². The second-order valence-electron chi connectivity index (χ2n) is 5.45. The van der Waals surface area contributed by atoms with Crippen LogP contribution in [-0.2, 0) is 9.47 Å². The van der Waals surface area contributed by atoms with Gasteiger partial charge in [-0.15, -0.1) is 0 Å². The summed E-state index contributed by atoms with van der Waals surface area (Å²) in [5.74, 6) is 0.0676. The molecule has 1 atom stereocenters. The van der Waals surface area contributed by atoms with Crippen LogP contribution in [0.5, 0.6) is 11.5 Å². The highest BCUT2D eigenvalue weighted by atomic mass is 16.8. The van der Waals surface area contributed by atoms with E-state index in [9.17, 15) is 29.8 Å². The monoisotopic (exact) mass is 406 g/mol. The van der Waals surface area contributed by atoms with Crippen molar-refractivity contribution in [1.29, 1.82) is 0 Å². The van der Waals surface area contributed by atoms with Crippen molar-refractivity contribution < 1.29 is 38.4 Å². The first-order valence-corrected chi connectivity index (χ1v) is 7.96. The molecule has 12 nitrogen and oxygen atoms in total. The van der Waals surface area contributed by atoms with Crippen LogP contribution in [-0.4, -0.2) is 34.9 Å². The quantitative estimate of drug-likeness (QED) is 0.288. The first-order valence-electron chi connectivity index (χ1n) is 7.96. The van der Waals surface area contributed by atoms with E-state index < -0.39 is 28.3 Å². The maximum absolute atomic E-state index is 11.7. The Labute approximate surface area is 162 Å². The van der Waals surface area contributed by atoms with Crippen molar-refractivity contribution in [2.24, 2.45) is 0 Å². The molecular formula is C17H14N2O10. The summed E-state index contributed by atoms with van der Waals surface area (Å²) < 4.78 is 19.3. The maximum Gasteiger partial charge on any atom is 0.514 e. The summed E-state index contributed by atoms with van der Waals surface area (Å²) in [6.07, 6.45) is -3.08. The van der Waals surface area contributed by atoms with Crippen molar-refractivity contribution >= 4 is 23.7 Å². The fraction of sp³-hybridized carbons (Fsp3) is 0.176. The molecule has 0 radical (unpaired) electrons. The van der Waals surface area contributed by atoms with Crippen LogP contribution >= 0.6 is 0 Å². The zero-order valence-corrected chi connectivity index (χ0v) is 14.9. The van der Waals surface area contributed by atoms with E-state index in [1.807, 2.05) is 0 Å². The van der Waals surface area contributed by atoms with Gasteiger partial charge in [-0.25, -0.2) is 9.59 Å². The highest BCUT2D eigenvalue weighted by Gasteiger charge is 2.16. The van der Waals surface area contributed by atoms with Crippen LogP contribution in [0, 0.1) is 20.2 Å². The Balaban J connectivity index is 1.74. The third kappa shape index (κ3) is 6.78. The van der Waals surface area contributed by atoms with Gasteiger partial charge >= 0.3 is 12.3 Å². The molecule has 0 saturated heterocycles. The van der Waals surface area contributed by atoms with Crippen LogP contribution in [0.3, 0.4) is 0 Å². The lowest BCUT2D eigenvalue weighted by atomic mass is 10.3. The summed E-state index contributed by atoms with van der Waals surface area (Å²) >= 11 is 0. The molecule has 0 aliphatic heterocycles. The van der Waals surface area contributed by atoms with E-state index in [0.29, 0.717) is 0 Å². The molecule has 0 fully saturated rings. The number of nitrogens with zero attached hydrogens (tertiary/aromatic N) is 2. The van der Waals surface area contributed by atoms with Gasteiger partial charge in [-0.05, 0) is 31.2 Å². The Morgan fingerprint density at radius 1 is 0.828 bits per heavy atom. The van der Waals surface area contributed by atoms with E-state index in [4.69, 9.17) is 18.9 Å². The van der Waals surface area contributed by atoms with Crippen LogP contribution in [0.4, 0.5) is 21.0 Å². The van der Waals surface area contributed by atoms with Gasteiger partial charge in [-0.3, -0.25) is 20.2 Å². The molecule has 12 heteroatoms. The lowest BCUT2D eigenvalue weighted by molar-refractivity contribution is -0.385. The minimum Gasteiger partial charge on any atom is -0.430 e. The van der Waals surface area contributed by atoms with Crippen molar-refractivity contribution in [3.63, 3.8) is 0 Å². The minimum absolute atomic E-state index is 0.0336. The Kier molecular flexibility index (Phi) is 7.01. The lowest BCUT2D eigenvalue weighted by Crippen LogP contribution is -2.25. The Morgan fingerprint density at radius 2 is 1.24 bits per heavy atom. The maximum atomic E-state index is 11.7. The summed E-state index contributed by atoms with van der Waals surface area (Å²) in [7, 11) is 0. The molecule has 0 N–H and O–H groups in total. The predicted molar refractivity (Wildman–Crippen MR) is 94.7 cm³/mol. The van der Waals surface area contributed by atoms with Crippen molar-refractivity contribution in [1.82, 2.24) is 0 Å². The zero-order chi connectivity index (χ0) is 21.4. The number of hydrogen-bond donors (Lipinski definition) is 0. The van der Waals surface area contributed by atoms with Gasteiger partial charge in [0.25, 0.3) is 11.4 Å². The number of carbonyl (C=O) groups excluding carboxylic acids is 2. The fourth-order valence-corrected chi connectivity index (χ4v) is 1.90. The van der Waals surface area contributed by atoms with Gasteiger partial charge in [0.15, 0.2) is 0 Å². The summed E-state index contributed by atoms with van der Waals surface area (Å²) in [6, 6.07) is 9.52. The Hall–Kier alpha value is -4.22. The van der Waals surface area contributed by atoms with Gasteiger partial charge in [0.05, 0.1) is 9.85 Å². The van der Waals surface area contributed by atoms with Crippen molar-refractivity contribution in [2.75, 3.05) is 6.61 Å². The van der Waals surface area contributed by atoms with Crippen molar-refractivity contribution in [3.05, 3.63) is 68.8 Å². The molecule has 0 aromatic heterocycles. The Bertz CT molecular complexity index is 895. The summed E-state index contributed by atoms with van der Waals surface area (Å²) in [6.45, 7) is 1.08. The van der Waals surface area contributed by atoms with E-state index >= 15 is 0 Å². The smallest absolute Gasteiger partial charge is 0.430 e. The second-order valence-corrected chi connectivity index (χ2v) is 5.45. The van der Waals surface area contributed by atoms with Crippen LogP contribution in [0.25, 0.3) is 0 Å². The molecule has 152 valence electrons. The molecule has 29 heavy (non-hydrogen) atoms. The van der Waals surface area contributed by atoms with Crippen LogP contribution in [0.15, 0.2) is 48.5 Å². The average molecular weight is 406 g/mol. The van der Waals surface area contributed by atoms with Crippen LogP contribution in [0.2, 0.25) is 0 Å². The number of rotatable bonds is 7. The number of benzene rings is 2. The largest absolute Gasteiger partial charge is 0.514 e. The first-order chi connectivity index (χ1) is 13.7. The van der Waals surface area contributed by atoms with Crippen LogP contribution < -0.4 is 9.47 Å². The molecule has 2 aromatic rings. The summed E-state index contributed by atoms with van der Waals surface area (Å²) in [5, 5.41) is 21.1. The third-order valence-electron chi connectivity index (χ3n) is 3.23. The second kappa shape index (κ2) is 9.64. The number of nitro groups is 2. The summed E-state index contributed by atoms with van der Waals surface area (Å²) in [5.41, 5.74) is -0.335. The highest BCUT2D eigenvalue weighted by Crippen LogP contribution is 2.19. The molecule has 0 amide bonds. The molecule has 0 bridgehead atoms. The Morgan fingerprint density at radius 3 is 1.66 bits per heavy atom. The highest BCUT2D eigenvalue weighted by molar-refractivity contribution is 5.65. The number of ether oxygens (including phenoxy) is 4. The number of nitro benzene ring substituents is 2. The number of non-ortho nitro benzene ring substituents is 2. The molecule has 2 aromatic carbocycles. The topological polar surface area (TPSA) is 157 Å². The van der Waals surface area contributed by atoms with E-state index in [1.54, 1.807) is 0 Å². The molecule has 0 saturated carbocycles. The van der Waals surface area contributed by atoms with Gasteiger partial charge in [-0.1, -0.05) is 0 Å². The van der Waals surface area contributed by atoms with Crippen molar-refractivity contribution in [2.45, 2.75) is 13.0 Å². The van der Waals surface area contributed by atoms with Gasteiger partial charge in [0.2, 0.25) is 0 Å². The fourth-order valence-electron chi connectivity index (χ4n) is 1.90. The zero-order valence-electron chi connectivity index (χ0n) is 14.9. The average Bonchev–Trinajstić information content (AvgIpc) is 2.67. The molecule has 2 rings (SSSR count). The van der Waals surface area contributed by atoms with E-state index in [-0.39, 0.29) is 29.5 Å². The van der Waals surface area contributed by atoms with Gasteiger partial charge in [0.1, 0.15) is 24.2 Å². The standard InChI is InChI=1S/C17H14N2O10/c1-11(27-17(21)29-15-8-4-13(5-9-15)19(24)25)10-26-16(20)28-14-6-2-12(3-7-14)18(22)23/h2-9,11H,10H2,1H3. The minimum atomic E-state index is -1.10. The number of carbonyl (C=O) groups is 2. The van der Waals surface area contributed by atoms with Crippen molar-refractivity contribution in [3.8, 4) is 11.5 Å². The third-order valence-corrected chi connectivity index (χ3v) is 3.23.